The SMILES string of the molecule is Cc1cc(F)cc(C)c1C(O)C1CCCC1(C)C. The summed E-state index contributed by atoms with van der Waals surface area (Å²) in [7, 11) is 0. The van der Waals surface area contributed by atoms with Crippen LogP contribution in [0.2, 0.25) is 0 Å². The highest BCUT2D eigenvalue weighted by molar-refractivity contribution is 5.36. The summed E-state index contributed by atoms with van der Waals surface area (Å²) in [5.41, 5.74) is 2.83. The van der Waals surface area contributed by atoms with Crippen molar-refractivity contribution in [1.29, 1.82) is 0 Å². The van der Waals surface area contributed by atoms with E-state index in [4.69, 9.17) is 0 Å². The van der Waals surface area contributed by atoms with Gasteiger partial charge in [0.05, 0.1) is 6.10 Å². The third kappa shape index (κ3) is 2.31. The summed E-state index contributed by atoms with van der Waals surface area (Å²) in [5, 5.41) is 10.7. The summed E-state index contributed by atoms with van der Waals surface area (Å²) in [6, 6.07) is 3.04. The lowest BCUT2D eigenvalue weighted by Crippen LogP contribution is -2.25. The van der Waals surface area contributed by atoms with E-state index >= 15 is 0 Å². The van der Waals surface area contributed by atoms with Crippen molar-refractivity contribution in [1.82, 2.24) is 0 Å². The van der Waals surface area contributed by atoms with Crippen molar-refractivity contribution in [3.8, 4) is 0 Å². The molecule has 0 heterocycles. The summed E-state index contributed by atoms with van der Waals surface area (Å²) in [6.07, 6.45) is 2.93. The standard InChI is InChI=1S/C16H23FO/c1-10-8-12(17)9-11(2)14(10)15(18)13-6-5-7-16(13,3)4/h8-9,13,15,18H,5-7H2,1-4H3. The fourth-order valence-electron chi connectivity index (χ4n) is 3.53. The van der Waals surface area contributed by atoms with E-state index < -0.39 is 6.10 Å². The van der Waals surface area contributed by atoms with Crippen LogP contribution in [-0.4, -0.2) is 5.11 Å². The van der Waals surface area contributed by atoms with Gasteiger partial charge in [-0.2, -0.15) is 0 Å². The Labute approximate surface area is 109 Å². The maximum absolute atomic E-state index is 13.3. The lowest BCUT2D eigenvalue weighted by Gasteiger charge is -2.32. The van der Waals surface area contributed by atoms with Gasteiger partial charge in [-0.3, -0.25) is 0 Å². The molecule has 0 spiro atoms. The Bertz CT molecular complexity index is 427. The van der Waals surface area contributed by atoms with Crippen LogP contribution in [0.3, 0.4) is 0 Å². The largest absolute Gasteiger partial charge is 0.388 e. The van der Waals surface area contributed by atoms with Gasteiger partial charge in [-0.05, 0) is 66.8 Å². The minimum absolute atomic E-state index is 0.173. The van der Waals surface area contributed by atoms with E-state index in [1.54, 1.807) is 0 Å². The molecule has 0 saturated heterocycles. The van der Waals surface area contributed by atoms with E-state index in [2.05, 4.69) is 13.8 Å². The van der Waals surface area contributed by atoms with E-state index in [0.717, 1.165) is 29.5 Å². The quantitative estimate of drug-likeness (QED) is 0.829. The van der Waals surface area contributed by atoms with Gasteiger partial charge in [-0.1, -0.05) is 20.3 Å². The Hall–Kier alpha value is -0.890. The maximum atomic E-state index is 13.3. The van der Waals surface area contributed by atoms with E-state index in [-0.39, 0.29) is 17.2 Å². The van der Waals surface area contributed by atoms with Crippen LogP contribution >= 0.6 is 0 Å². The summed E-state index contributed by atoms with van der Waals surface area (Å²) in [6.45, 7) is 8.22. The molecule has 0 aliphatic heterocycles. The van der Waals surface area contributed by atoms with Crippen molar-refractivity contribution in [2.75, 3.05) is 0 Å². The first-order valence-corrected chi connectivity index (χ1v) is 6.77. The molecule has 0 bridgehead atoms. The van der Waals surface area contributed by atoms with Gasteiger partial charge in [0.2, 0.25) is 0 Å². The minimum atomic E-state index is -0.469. The van der Waals surface area contributed by atoms with E-state index in [1.165, 1.54) is 18.6 Å². The number of aryl methyl sites for hydroxylation is 2. The fourth-order valence-corrected chi connectivity index (χ4v) is 3.53. The van der Waals surface area contributed by atoms with Crippen molar-refractivity contribution < 1.29 is 9.50 Å². The number of halogens is 1. The van der Waals surface area contributed by atoms with Crippen LogP contribution < -0.4 is 0 Å². The lowest BCUT2D eigenvalue weighted by atomic mass is 9.75. The van der Waals surface area contributed by atoms with Crippen molar-refractivity contribution in [2.24, 2.45) is 11.3 Å². The summed E-state index contributed by atoms with van der Waals surface area (Å²) in [4.78, 5) is 0. The molecule has 1 N–H and O–H groups in total. The first kappa shape index (κ1) is 13.5. The van der Waals surface area contributed by atoms with Crippen LogP contribution in [0.25, 0.3) is 0 Å². The molecule has 1 aliphatic rings. The van der Waals surface area contributed by atoms with Crippen molar-refractivity contribution >= 4 is 0 Å². The number of hydrogen-bond acceptors (Lipinski definition) is 1. The van der Waals surface area contributed by atoms with Gasteiger partial charge in [-0.25, -0.2) is 4.39 Å². The molecule has 1 aromatic carbocycles. The Morgan fingerprint density at radius 2 is 1.83 bits per heavy atom. The Kier molecular flexibility index (Phi) is 3.50. The number of hydrogen-bond donors (Lipinski definition) is 1. The predicted octanol–water partition coefficient (Wildman–Crippen LogP) is 4.30. The zero-order valence-electron chi connectivity index (χ0n) is 11.8. The molecule has 2 rings (SSSR count). The van der Waals surface area contributed by atoms with Gasteiger partial charge >= 0.3 is 0 Å². The normalized spacial score (nSPS) is 24.2. The van der Waals surface area contributed by atoms with Crippen LogP contribution in [0.4, 0.5) is 4.39 Å². The van der Waals surface area contributed by atoms with Gasteiger partial charge in [0.1, 0.15) is 5.82 Å². The van der Waals surface area contributed by atoms with E-state index in [0.29, 0.717) is 0 Å². The van der Waals surface area contributed by atoms with Gasteiger partial charge < -0.3 is 5.11 Å². The maximum Gasteiger partial charge on any atom is 0.123 e. The average molecular weight is 250 g/mol. The van der Waals surface area contributed by atoms with Crippen molar-refractivity contribution in [3.05, 3.63) is 34.6 Å². The zero-order chi connectivity index (χ0) is 13.5. The summed E-state index contributed by atoms with van der Waals surface area (Å²) in [5.74, 6) is 0.0620. The van der Waals surface area contributed by atoms with Gasteiger partial charge in [0.25, 0.3) is 0 Å². The molecule has 2 atom stereocenters. The molecule has 1 nitrogen and oxygen atoms in total. The molecule has 18 heavy (non-hydrogen) atoms. The topological polar surface area (TPSA) is 20.2 Å². The predicted molar refractivity (Wildman–Crippen MR) is 72.0 cm³/mol. The van der Waals surface area contributed by atoms with E-state index in [9.17, 15) is 9.50 Å². The molecule has 2 unspecified atom stereocenters. The van der Waals surface area contributed by atoms with Crippen molar-refractivity contribution in [2.45, 2.75) is 53.1 Å². The number of aliphatic hydroxyl groups excluding tert-OH is 1. The van der Waals surface area contributed by atoms with Crippen LogP contribution in [0.15, 0.2) is 12.1 Å². The molecule has 0 amide bonds. The van der Waals surface area contributed by atoms with Crippen LogP contribution in [-0.2, 0) is 0 Å². The minimum Gasteiger partial charge on any atom is -0.388 e. The molecule has 0 aromatic heterocycles. The van der Waals surface area contributed by atoms with Crippen molar-refractivity contribution in [3.63, 3.8) is 0 Å². The van der Waals surface area contributed by atoms with Gasteiger partial charge in [0, 0.05) is 0 Å². The Morgan fingerprint density at radius 1 is 1.28 bits per heavy atom. The van der Waals surface area contributed by atoms with Crippen LogP contribution in [0, 0.1) is 31.0 Å². The fraction of sp³-hybridized carbons (Fsp3) is 0.625. The first-order valence-electron chi connectivity index (χ1n) is 6.77. The number of aliphatic hydroxyl groups is 1. The molecule has 1 aromatic rings. The molecule has 1 saturated carbocycles. The number of rotatable bonds is 2. The highest BCUT2D eigenvalue weighted by atomic mass is 19.1. The molecular formula is C16H23FO. The second-order valence-corrected chi connectivity index (χ2v) is 6.39. The molecular weight excluding hydrogens is 227 g/mol. The Morgan fingerprint density at radius 3 is 2.28 bits per heavy atom. The molecule has 1 fully saturated rings. The highest BCUT2D eigenvalue weighted by Gasteiger charge is 2.40. The third-order valence-corrected chi connectivity index (χ3v) is 4.58. The monoisotopic (exact) mass is 250 g/mol. The second kappa shape index (κ2) is 4.65. The summed E-state index contributed by atoms with van der Waals surface area (Å²) < 4.78 is 13.3. The molecule has 100 valence electrons. The lowest BCUT2D eigenvalue weighted by molar-refractivity contribution is 0.0522. The average Bonchev–Trinajstić information content (AvgIpc) is 2.56. The second-order valence-electron chi connectivity index (χ2n) is 6.39. The molecule has 0 radical (unpaired) electrons. The smallest absolute Gasteiger partial charge is 0.123 e. The zero-order valence-corrected chi connectivity index (χ0v) is 11.8. The van der Waals surface area contributed by atoms with E-state index in [1.807, 2.05) is 13.8 Å². The molecule has 2 heteroatoms. The Balaban J connectivity index is 2.37. The molecule has 1 aliphatic carbocycles. The van der Waals surface area contributed by atoms with Gasteiger partial charge in [0.15, 0.2) is 0 Å². The highest BCUT2D eigenvalue weighted by Crippen LogP contribution is 2.49. The van der Waals surface area contributed by atoms with Crippen LogP contribution in [0.5, 0.6) is 0 Å². The summed E-state index contributed by atoms with van der Waals surface area (Å²) >= 11 is 0. The van der Waals surface area contributed by atoms with Crippen LogP contribution in [0.1, 0.15) is 55.9 Å². The number of benzene rings is 1. The third-order valence-electron chi connectivity index (χ3n) is 4.58. The first-order chi connectivity index (χ1) is 8.33. The van der Waals surface area contributed by atoms with Gasteiger partial charge in [-0.15, -0.1) is 0 Å².